The number of hydrogen-bond acceptors (Lipinski definition) is 4. The lowest BCUT2D eigenvalue weighted by molar-refractivity contribution is -0.201. The first-order valence-electron chi connectivity index (χ1n) is 8.48. The van der Waals surface area contributed by atoms with E-state index < -0.39 is 6.04 Å². The van der Waals surface area contributed by atoms with Crippen molar-refractivity contribution in [3.8, 4) is 0 Å². The average Bonchev–Trinajstić information content (AvgIpc) is 3.01. The van der Waals surface area contributed by atoms with E-state index in [0.717, 1.165) is 37.8 Å². The number of rotatable bonds is 2. The average molecular weight is 318 g/mol. The summed E-state index contributed by atoms with van der Waals surface area (Å²) in [5, 5.41) is 1.47. The molecule has 0 radical (unpaired) electrons. The molecule has 3 aliphatic rings. The lowest BCUT2D eigenvalue weighted by atomic mass is 9.84. The summed E-state index contributed by atoms with van der Waals surface area (Å²) in [6.07, 6.45) is 8.46. The van der Waals surface area contributed by atoms with Crippen LogP contribution in [0.4, 0.5) is 0 Å². The molecule has 1 saturated carbocycles. The number of carbonyl (C=O) groups is 2. The largest absolute Gasteiger partial charge is 0.334 e. The van der Waals surface area contributed by atoms with Crippen LogP contribution < -0.4 is 0 Å². The molecule has 23 heavy (non-hydrogen) atoms. The van der Waals surface area contributed by atoms with Crippen molar-refractivity contribution in [3.63, 3.8) is 0 Å². The van der Waals surface area contributed by atoms with Crippen LogP contribution in [0.25, 0.3) is 0 Å². The van der Waals surface area contributed by atoms with Crippen molar-refractivity contribution in [3.05, 3.63) is 18.2 Å². The monoisotopic (exact) mass is 318 g/mol. The molecule has 1 aliphatic carbocycles. The molecular formula is C16H22N4O3. The summed E-state index contributed by atoms with van der Waals surface area (Å²) in [6, 6.07) is -0.427. The molecule has 2 amide bonds. The van der Waals surface area contributed by atoms with Crippen molar-refractivity contribution in [2.24, 2.45) is 5.92 Å². The highest BCUT2D eigenvalue weighted by atomic mass is 16.7. The number of carbonyl (C=O) groups excluding carboxylic acids is 2. The van der Waals surface area contributed by atoms with Crippen LogP contribution in [-0.4, -0.2) is 51.0 Å². The molecule has 1 atom stereocenters. The highest BCUT2D eigenvalue weighted by Gasteiger charge is 2.38. The standard InChI is InChI=1S/C16H22N4O3/c21-15(12-4-3-5-12)18-9-13-8-17-11-19(13)14(10-18)16(22)20-6-1-2-7-23-20/h8,11-12,14H,1-7,9-10H2/t14-/m1/s1. The second-order valence-electron chi connectivity index (χ2n) is 6.64. The molecule has 4 rings (SSSR count). The van der Waals surface area contributed by atoms with Crippen molar-refractivity contribution in [1.82, 2.24) is 19.5 Å². The van der Waals surface area contributed by atoms with Crippen molar-refractivity contribution in [1.29, 1.82) is 0 Å². The highest BCUT2D eigenvalue weighted by molar-refractivity contribution is 5.83. The normalized spacial score (nSPS) is 25.0. The molecular weight excluding hydrogens is 296 g/mol. The van der Waals surface area contributed by atoms with Crippen molar-refractivity contribution in [2.45, 2.75) is 44.7 Å². The van der Waals surface area contributed by atoms with Crippen LogP contribution in [0.3, 0.4) is 0 Å². The van der Waals surface area contributed by atoms with Crippen LogP contribution in [0, 0.1) is 5.92 Å². The van der Waals surface area contributed by atoms with Gasteiger partial charge in [0, 0.05) is 18.7 Å². The maximum atomic E-state index is 12.8. The zero-order chi connectivity index (χ0) is 15.8. The van der Waals surface area contributed by atoms with Crippen LogP contribution in [-0.2, 0) is 21.0 Å². The number of amides is 2. The number of hydroxylamine groups is 2. The van der Waals surface area contributed by atoms with Crippen LogP contribution in [0.5, 0.6) is 0 Å². The fourth-order valence-corrected chi connectivity index (χ4v) is 3.51. The molecule has 1 saturated heterocycles. The van der Waals surface area contributed by atoms with E-state index in [9.17, 15) is 9.59 Å². The summed E-state index contributed by atoms with van der Waals surface area (Å²) >= 11 is 0. The van der Waals surface area contributed by atoms with Crippen molar-refractivity contribution >= 4 is 11.8 Å². The number of aromatic nitrogens is 2. The number of nitrogens with zero attached hydrogens (tertiary/aromatic N) is 4. The summed E-state index contributed by atoms with van der Waals surface area (Å²) in [5.41, 5.74) is 0.916. The lowest BCUT2D eigenvalue weighted by Crippen LogP contribution is -2.50. The van der Waals surface area contributed by atoms with Gasteiger partial charge in [-0.15, -0.1) is 0 Å². The quantitative estimate of drug-likeness (QED) is 0.819. The summed E-state index contributed by atoms with van der Waals surface area (Å²) in [5.74, 6) is 0.252. The molecule has 0 unspecified atom stereocenters. The minimum Gasteiger partial charge on any atom is -0.334 e. The van der Waals surface area contributed by atoms with E-state index >= 15 is 0 Å². The molecule has 3 heterocycles. The molecule has 0 bridgehead atoms. The zero-order valence-corrected chi connectivity index (χ0v) is 13.2. The fraction of sp³-hybridized carbons (Fsp3) is 0.688. The summed E-state index contributed by atoms with van der Waals surface area (Å²) in [6.45, 7) is 2.16. The van der Waals surface area contributed by atoms with Gasteiger partial charge >= 0.3 is 0 Å². The van der Waals surface area contributed by atoms with E-state index in [1.807, 2.05) is 9.47 Å². The highest BCUT2D eigenvalue weighted by Crippen LogP contribution is 2.31. The third-order valence-corrected chi connectivity index (χ3v) is 5.13. The van der Waals surface area contributed by atoms with Crippen LogP contribution in [0.15, 0.2) is 12.5 Å². The van der Waals surface area contributed by atoms with Gasteiger partial charge in [-0.3, -0.25) is 14.4 Å². The van der Waals surface area contributed by atoms with Gasteiger partial charge in [0.1, 0.15) is 6.04 Å². The number of imidazole rings is 1. The lowest BCUT2D eigenvalue weighted by Gasteiger charge is -2.39. The Bertz CT molecular complexity index is 604. The summed E-state index contributed by atoms with van der Waals surface area (Å²) < 4.78 is 1.89. The number of hydrogen-bond donors (Lipinski definition) is 0. The Balaban J connectivity index is 1.55. The van der Waals surface area contributed by atoms with E-state index in [-0.39, 0.29) is 17.7 Å². The predicted octanol–water partition coefficient (Wildman–Crippen LogP) is 1.12. The molecule has 0 aromatic carbocycles. The molecule has 7 heteroatoms. The predicted molar refractivity (Wildman–Crippen MR) is 80.9 cm³/mol. The number of fused-ring (bicyclic) bond motifs is 1. The van der Waals surface area contributed by atoms with Gasteiger partial charge in [-0.25, -0.2) is 10.0 Å². The van der Waals surface area contributed by atoms with Gasteiger partial charge in [0.05, 0.1) is 31.7 Å². The molecule has 2 aliphatic heterocycles. The molecule has 1 aromatic rings. The second-order valence-corrected chi connectivity index (χ2v) is 6.64. The molecule has 7 nitrogen and oxygen atoms in total. The summed E-state index contributed by atoms with van der Waals surface area (Å²) in [7, 11) is 0. The van der Waals surface area contributed by atoms with E-state index in [1.54, 1.807) is 12.5 Å². The Kier molecular flexibility index (Phi) is 3.80. The molecule has 1 aromatic heterocycles. The Morgan fingerprint density at radius 2 is 2.04 bits per heavy atom. The van der Waals surface area contributed by atoms with Gasteiger partial charge in [0.15, 0.2) is 0 Å². The van der Waals surface area contributed by atoms with E-state index in [4.69, 9.17) is 4.84 Å². The van der Waals surface area contributed by atoms with Crippen LogP contribution in [0.2, 0.25) is 0 Å². The SMILES string of the molecule is O=C(C1CCC1)N1Cc2cncn2[C@@H](C(=O)N2CCCCO2)C1. The van der Waals surface area contributed by atoms with Gasteiger partial charge in [-0.05, 0) is 25.7 Å². The fourth-order valence-electron chi connectivity index (χ4n) is 3.51. The van der Waals surface area contributed by atoms with Crippen LogP contribution in [0.1, 0.15) is 43.8 Å². The smallest absolute Gasteiger partial charge is 0.271 e. The first-order valence-corrected chi connectivity index (χ1v) is 8.48. The minimum atomic E-state index is -0.427. The Labute approximate surface area is 135 Å². The van der Waals surface area contributed by atoms with Gasteiger partial charge in [0.2, 0.25) is 5.91 Å². The van der Waals surface area contributed by atoms with Gasteiger partial charge in [-0.1, -0.05) is 6.42 Å². The first-order chi connectivity index (χ1) is 11.2. The first kappa shape index (κ1) is 14.7. The third kappa shape index (κ3) is 2.63. The minimum absolute atomic E-state index is 0.0740. The Morgan fingerprint density at radius 1 is 1.17 bits per heavy atom. The molecule has 2 fully saturated rings. The Morgan fingerprint density at radius 3 is 2.74 bits per heavy atom. The molecule has 0 spiro atoms. The topological polar surface area (TPSA) is 67.7 Å². The molecule has 124 valence electrons. The van der Waals surface area contributed by atoms with E-state index in [2.05, 4.69) is 4.98 Å². The van der Waals surface area contributed by atoms with Gasteiger partial charge < -0.3 is 9.47 Å². The maximum Gasteiger partial charge on any atom is 0.271 e. The zero-order valence-electron chi connectivity index (χ0n) is 13.2. The Hall–Kier alpha value is -1.89. The van der Waals surface area contributed by atoms with Gasteiger partial charge in [-0.2, -0.15) is 0 Å². The third-order valence-electron chi connectivity index (χ3n) is 5.13. The van der Waals surface area contributed by atoms with Crippen LogP contribution >= 0.6 is 0 Å². The van der Waals surface area contributed by atoms with E-state index in [1.165, 1.54) is 5.06 Å². The molecule has 0 N–H and O–H groups in total. The maximum absolute atomic E-state index is 12.8. The summed E-state index contributed by atoms with van der Waals surface area (Å²) in [4.78, 5) is 36.9. The van der Waals surface area contributed by atoms with Crippen molar-refractivity contribution in [2.75, 3.05) is 19.7 Å². The van der Waals surface area contributed by atoms with E-state index in [0.29, 0.717) is 26.2 Å². The second kappa shape index (κ2) is 5.96. The van der Waals surface area contributed by atoms with Crippen molar-refractivity contribution < 1.29 is 14.4 Å². The van der Waals surface area contributed by atoms with Gasteiger partial charge in [0.25, 0.3) is 5.91 Å².